The van der Waals surface area contributed by atoms with Crippen molar-refractivity contribution in [3.05, 3.63) is 77.0 Å². The maximum absolute atomic E-state index is 13.4. The van der Waals surface area contributed by atoms with Crippen molar-refractivity contribution in [2.24, 2.45) is 5.73 Å². The molecule has 0 bridgehead atoms. The Morgan fingerprint density at radius 1 is 1.06 bits per heavy atom. The highest BCUT2D eigenvalue weighted by Crippen LogP contribution is 2.25. The van der Waals surface area contributed by atoms with Gasteiger partial charge in [-0.05, 0) is 19.4 Å². The quantitative estimate of drug-likeness (QED) is 0.689. The molecule has 0 radical (unpaired) electrons. The molecule has 2 heterocycles. The summed E-state index contributed by atoms with van der Waals surface area (Å²) < 4.78 is 7.18. The number of hydrogen-bond acceptors (Lipinski definition) is 4. The number of nitrogens with zero attached hydrogens (tertiary/aromatic N) is 3. The summed E-state index contributed by atoms with van der Waals surface area (Å²) in [6.07, 6.45) is 0.995. The molecule has 1 aromatic heterocycles. The van der Waals surface area contributed by atoms with Crippen molar-refractivity contribution in [2.75, 3.05) is 19.7 Å². The molecule has 31 heavy (non-hydrogen) atoms. The largest absolute Gasteiger partial charge is 0.367 e. The Balaban J connectivity index is 1.68. The van der Waals surface area contributed by atoms with Crippen molar-refractivity contribution in [3.8, 4) is 11.3 Å². The van der Waals surface area contributed by atoms with Gasteiger partial charge >= 0.3 is 0 Å². The molecule has 1 atom stereocenters. The Kier molecular flexibility index (Phi) is 5.86. The van der Waals surface area contributed by atoms with Gasteiger partial charge in [-0.2, -0.15) is 5.10 Å². The van der Waals surface area contributed by atoms with Gasteiger partial charge in [0.25, 0.3) is 5.91 Å². The normalized spacial score (nSPS) is 16.3. The summed E-state index contributed by atoms with van der Waals surface area (Å²) in [7, 11) is 0. The third-order valence-corrected chi connectivity index (χ3v) is 5.45. The van der Waals surface area contributed by atoms with Crippen molar-refractivity contribution in [2.45, 2.75) is 26.5 Å². The number of aromatic nitrogens is 2. The smallest absolute Gasteiger partial charge is 0.257 e. The molecule has 2 aromatic carbocycles. The summed E-state index contributed by atoms with van der Waals surface area (Å²) in [6, 6.07) is 16.2. The third kappa shape index (κ3) is 4.67. The van der Waals surface area contributed by atoms with E-state index < -0.39 is 12.0 Å². The molecule has 1 saturated heterocycles. The second-order valence-corrected chi connectivity index (χ2v) is 7.95. The lowest BCUT2D eigenvalue weighted by Crippen LogP contribution is -2.50. The highest BCUT2D eigenvalue weighted by atomic mass is 16.5. The zero-order valence-electron chi connectivity index (χ0n) is 17.7. The van der Waals surface area contributed by atoms with E-state index in [-0.39, 0.29) is 19.1 Å². The first-order valence-corrected chi connectivity index (χ1v) is 10.3. The molecule has 160 valence electrons. The topological polar surface area (TPSA) is 90.5 Å². The number of benzene rings is 2. The molecule has 1 aliphatic heterocycles. The van der Waals surface area contributed by atoms with Gasteiger partial charge in [-0.3, -0.25) is 14.3 Å². The van der Waals surface area contributed by atoms with Crippen LogP contribution in [0.2, 0.25) is 0 Å². The third-order valence-electron chi connectivity index (χ3n) is 5.45. The first kappa shape index (κ1) is 20.8. The Bertz CT molecular complexity index is 1090. The molecule has 1 fully saturated rings. The van der Waals surface area contributed by atoms with E-state index in [2.05, 4.69) is 24.3 Å². The number of nitrogens with two attached hydrogens (primary N) is 1. The number of morpholine rings is 1. The van der Waals surface area contributed by atoms with Crippen LogP contribution in [-0.2, 0) is 16.1 Å². The number of rotatable bonds is 5. The van der Waals surface area contributed by atoms with Gasteiger partial charge in [0, 0.05) is 18.3 Å². The Morgan fingerprint density at radius 2 is 1.71 bits per heavy atom. The first-order valence-electron chi connectivity index (χ1n) is 10.3. The van der Waals surface area contributed by atoms with Crippen LogP contribution in [-0.4, -0.2) is 52.3 Å². The highest BCUT2D eigenvalue weighted by Gasteiger charge is 2.30. The summed E-state index contributed by atoms with van der Waals surface area (Å²) in [5.74, 6) is -0.744. The summed E-state index contributed by atoms with van der Waals surface area (Å²) >= 11 is 0. The van der Waals surface area contributed by atoms with Crippen LogP contribution in [0.25, 0.3) is 11.3 Å². The molecule has 0 saturated carbocycles. The van der Waals surface area contributed by atoms with E-state index in [4.69, 9.17) is 15.6 Å². The van der Waals surface area contributed by atoms with Gasteiger partial charge in [-0.15, -0.1) is 0 Å². The van der Waals surface area contributed by atoms with E-state index in [9.17, 15) is 9.59 Å². The van der Waals surface area contributed by atoms with Gasteiger partial charge in [-0.1, -0.05) is 59.7 Å². The summed E-state index contributed by atoms with van der Waals surface area (Å²) in [6.45, 7) is 5.44. The van der Waals surface area contributed by atoms with Crippen molar-refractivity contribution >= 4 is 11.8 Å². The molecule has 4 rings (SSSR count). The van der Waals surface area contributed by atoms with Crippen LogP contribution in [0.4, 0.5) is 0 Å². The highest BCUT2D eigenvalue weighted by molar-refractivity contribution is 6.00. The fourth-order valence-electron chi connectivity index (χ4n) is 3.64. The van der Waals surface area contributed by atoms with Crippen LogP contribution in [0.1, 0.15) is 27.0 Å². The molecular weight excluding hydrogens is 392 g/mol. The van der Waals surface area contributed by atoms with Crippen molar-refractivity contribution in [3.63, 3.8) is 0 Å². The molecule has 0 unspecified atom stereocenters. The van der Waals surface area contributed by atoms with Crippen LogP contribution in [0.5, 0.6) is 0 Å². The lowest BCUT2D eigenvalue weighted by Gasteiger charge is -2.31. The Labute approximate surface area is 181 Å². The van der Waals surface area contributed by atoms with E-state index in [1.54, 1.807) is 15.8 Å². The zero-order valence-corrected chi connectivity index (χ0v) is 17.7. The average Bonchev–Trinajstić information content (AvgIpc) is 3.19. The molecule has 0 spiro atoms. The van der Waals surface area contributed by atoms with E-state index >= 15 is 0 Å². The molecule has 1 aliphatic rings. The average molecular weight is 418 g/mol. The zero-order chi connectivity index (χ0) is 22.0. The molecule has 3 aromatic rings. The van der Waals surface area contributed by atoms with Gasteiger partial charge in [0.1, 0.15) is 5.69 Å². The fraction of sp³-hybridized carbons (Fsp3) is 0.292. The molecule has 2 N–H and O–H groups in total. The monoisotopic (exact) mass is 418 g/mol. The lowest BCUT2D eigenvalue weighted by molar-refractivity contribution is -0.133. The fourth-order valence-corrected chi connectivity index (χ4v) is 3.64. The van der Waals surface area contributed by atoms with Crippen molar-refractivity contribution in [1.29, 1.82) is 0 Å². The van der Waals surface area contributed by atoms with Crippen LogP contribution < -0.4 is 5.73 Å². The van der Waals surface area contributed by atoms with Crippen LogP contribution >= 0.6 is 0 Å². The number of primary amides is 1. The Hall–Kier alpha value is -3.45. The van der Waals surface area contributed by atoms with Gasteiger partial charge < -0.3 is 15.4 Å². The maximum Gasteiger partial charge on any atom is 0.257 e. The minimum Gasteiger partial charge on any atom is -0.367 e. The molecule has 7 nitrogen and oxygen atoms in total. The number of carbonyl (C=O) groups excluding carboxylic acids is 2. The standard InChI is InChI=1S/C24H26N4O3/c1-16-3-7-18(8-4-16)13-28-14-20(22(26-28)19-9-5-17(2)6-10-19)24(30)27-11-12-31-21(15-27)23(25)29/h3-10,14,21H,11-13,15H2,1-2H3,(H2,25,29)/t21-/m1/s1. The number of aryl methyl sites for hydroxylation is 2. The van der Waals surface area contributed by atoms with E-state index in [1.807, 2.05) is 38.1 Å². The van der Waals surface area contributed by atoms with E-state index in [0.717, 1.165) is 16.7 Å². The number of amides is 2. The summed E-state index contributed by atoms with van der Waals surface area (Å²) in [5, 5.41) is 4.74. The SMILES string of the molecule is Cc1ccc(Cn2cc(C(=O)N3CCO[C@@H](C(N)=O)C3)c(-c3ccc(C)cc3)n2)cc1. The minimum atomic E-state index is -0.789. The van der Waals surface area contributed by atoms with E-state index in [1.165, 1.54) is 5.56 Å². The van der Waals surface area contributed by atoms with Gasteiger partial charge in [0.2, 0.25) is 5.91 Å². The minimum absolute atomic E-state index is 0.143. The van der Waals surface area contributed by atoms with Gasteiger partial charge in [0.15, 0.2) is 6.10 Å². The van der Waals surface area contributed by atoms with Crippen molar-refractivity contribution in [1.82, 2.24) is 14.7 Å². The summed E-state index contributed by atoms with van der Waals surface area (Å²) in [4.78, 5) is 26.6. The predicted molar refractivity (Wildman–Crippen MR) is 118 cm³/mol. The molecular formula is C24H26N4O3. The van der Waals surface area contributed by atoms with Gasteiger partial charge in [0.05, 0.1) is 25.3 Å². The first-order chi connectivity index (χ1) is 14.9. The Morgan fingerprint density at radius 3 is 2.35 bits per heavy atom. The van der Waals surface area contributed by atoms with E-state index in [0.29, 0.717) is 24.3 Å². The molecule has 7 heteroatoms. The van der Waals surface area contributed by atoms with Gasteiger partial charge in [-0.25, -0.2) is 0 Å². The summed E-state index contributed by atoms with van der Waals surface area (Å²) in [5.41, 5.74) is 10.8. The molecule has 2 amide bonds. The van der Waals surface area contributed by atoms with Crippen molar-refractivity contribution < 1.29 is 14.3 Å². The number of ether oxygens (including phenoxy) is 1. The number of hydrogen-bond donors (Lipinski definition) is 1. The van der Waals surface area contributed by atoms with Crippen LogP contribution in [0.3, 0.4) is 0 Å². The van der Waals surface area contributed by atoms with Crippen LogP contribution in [0, 0.1) is 13.8 Å². The predicted octanol–water partition coefficient (Wildman–Crippen LogP) is 2.54. The maximum atomic E-state index is 13.4. The van der Waals surface area contributed by atoms with Crippen LogP contribution in [0.15, 0.2) is 54.7 Å². The lowest BCUT2D eigenvalue weighted by atomic mass is 10.1. The molecule has 0 aliphatic carbocycles. The second-order valence-electron chi connectivity index (χ2n) is 7.95. The second kappa shape index (κ2) is 8.73. The number of carbonyl (C=O) groups is 2.